The number of rotatable bonds is 3. The van der Waals surface area contributed by atoms with E-state index in [1.165, 1.54) is 5.69 Å². The molecule has 3 heteroatoms. The smallest absolute Gasteiger partial charge is 0.174 e. The first-order valence-corrected chi connectivity index (χ1v) is 8.52. The molecule has 0 spiro atoms. The number of aryl methyl sites for hydroxylation is 1. The first-order valence-electron chi connectivity index (χ1n) is 7.54. The molecule has 114 valence electrons. The van der Waals surface area contributed by atoms with Crippen molar-refractivity contribution in [2.45, 2.75) is 19.0 Å². The summed E-state index contributed by atoms with van der Waals surface area (Å²) in [6, 6.07) is 20.4. The molecule has 0 saturated carbocycles. The lowest BCUT2D eigenvalue weighted by atomic mass is 10.2. The number of nitrogens with zero attached hydrogens (tertiary/aromatic N) is 2. The highest BCUT2D eigenvalue weighted by molar-refractivity contribution is 7.99. The minimum Gasteiger partial charge on any atom is -0.292 e. The van der Waals surface area contributed by atoms with Crippen molar-refractivity contribution in [2.75, 3.05) is 5.75 Å². The molecule has 0 aliphatic heterocycles. The molecule has 0 saturated heterocycles. The van der Waals surface area contributed by atoms with Gasteiger partial charge in [0.05, 0.1) is 11.4 Å². The molecule has 2 nitrogen and oxygen atoms in total. The minimum atomic E-state index is 0.720. The van der Waals surface area contributed by atoms with Crippen LogP contribution in [0.15, 0.2) is 65.8 Å². The van der Waals surface area contributed by atoms with Crippen LogP contribution in [0, 0.1) is 25.7 Å². The summed E-state index contributed by atoms with van der Waals surface area (Å²) in [5.41, 5.74) is 4.43. The van der Waals surface area contributed by atoms with Crippen LogP contribution in [-0.2, 0) is 0 Å². The first-order chi connectivity index (χ1) is 11.3. The van der Waals surface area contributed by atoms with Gasteiger partial charge in [-0.05, 0) is 38.1 Å². The maximum Gasteiger partial charge on any atom is 0.174 e. The topological polar surface area (TPSA) is 17.8 Å². The van der Waals surface area contributed by atoms with Crippen molar-refractivity contribution in [2.24, 2.45) is 0 Å². The maximum absolute atomic E-state index is 4.69. The molecule has 3 aromatic rings. The zero-order valence-electron chi connectivity index (χ0n) is 13.3. The predicted octanol–water partition coefficient (Wildman–Crippen LogP) is 4.63. The first kappa shape index (κ1) is 15.5. The number of benzene rings is 2. The zero-order chi connectivity index (χ0) is 16.1. The molecule has 3 rings (SSSR count). The third-order valence-corrected chi connectivity index (χ3v) is 4.43. The Bertz CT molecular complexity index is 840. The molecule has 0 N–H and O–H groups in total. The van der Waals surface area contributed by atoms with Gasteiger partial charge < -0.3 is 0 Å². The van der Waals surface area contributed by atoms with Crippen molar-refractivity contribution in [3.63, 3.8) is 0 Å². The molecule has 0 unspecified atom stereocenters. The highest BCUT2D eigenvalue weighted by Crippen LogP contribution is 2.25. The highest BCUT2D eigenvalue weighted by Gasteiger charge is 2.12. The van der Waals surface area contributed by atoms with E-state index in [0.29, 0.717) is 0 Å². The number of hydrogen-bond donors (Lipinski definition) is 0. The largest absolute Gasteiger partial charge is 0.292 e. The normalized spacial score (nSPS) is 10.2. The molecule has 0 bridgehead atoms. The summed E-state index contributed by atoms with van der Waals surface area (Å²) in [5, 5.41) is 0.994. The van der Waals surface area contributed by atoms with Crippen LogP contribution in [-0.4, -0.2) is 15.3 Å². The lowest BCUT2D eigenvalue weighted by Gasteiger charge is -2.08. The zero-order valence-corrected chi connectivity index (χ0v) is 14.1. The van der Waals surface area contributed by atoms with Crippen LogP contribution in [0.2, 0.25) is 0 Å². The van der Waals surface area contributed by atoms with E-state index < -0.39 is 0 Å². The molecule has 0 amide bonds. The third-order valence-electron chi connectivity index (χ3n) is 3.61. The number of aromatic nitrogens is 2. The van der Waals surface area contributed by atoms with Crippen molar-refractivity contribution in [3.05, 3.63) is 77.6 Å². The third kappa shape index (κ3) is 3.67. The number of imidazole rings is 1. The second kappa shape index (κ2) is 7.21. The van der Waals surface area contributed by atoms with Gasteiger partial charge in [0.1, 0.15) is 0 Å². The quantitative estimate of drug-likeness (QED) is 0.517. The van der Waals surface area contributed by atoms with E-state index in [4.69, 9.17) is 0 Å². The van der Waals surface area contributed by atoms with E-state index >= 15 is 0 Å². The van der Waals surface area contributed by atoms with Crippen LogP contribution in [0.1, 0.15) is 17.0 Å². The highest BCUT2D eigenvalue weighted by atomic mass is 32.2. The minimum absolute atomic E-state index is 0.720. The fourth-order valence-electron chi connectivity index (χ4n) is 2.32. The molecule has 23 heavy (non-hydrogen) atoms. The van der Waals surface area contributed by atoms with Crippen molar-refractivity contribution >= 4 is 11.8 Å². The molecule has 2 aromatic carbocycles. The van der Waals surface area contributed by atoms with E-state index in [0.717, 1.165) is 27.9 Å². The van der Waals surface area contributed by atoms with Gasteiger partial charge in [0.25, 0.3) is 0 Å². The molecule has 0 aliphatic rings. The van der Waals surface area contributed by atoms with Crippen LogP contribution < -0.4 is 0 Å². The summed E-state index contributed by atoms with van der Waals surface area (Å²) >= 11 is 1.67. The van der Waals surface area contributed by atoms with E-state index in [1.54, 1.807) is 11.8 Å². The van der Waals surface area contributed by atoms with E-state index in [1.807, 2.05) is 48.5 Å². The van der Waals surface area contributed by atoms with Crippen LogP contribution in [0.5, 0.6) is 0 Å². The fraction of sp³-hybridized carbons (Fsp3) is 0.150. The van der Waals surface area contributed by atoms with Crippen molar-refractivity contribution < 1.29 is 0 Å². The molecule has 1 heterocycles. The van der Waals surface area contributed by atoms with Gasteiger partial charge in [0.2, 0.25) is 0 Å². The van der Waals surface area contributed by atoms with Gasteiger partial charge in [-0.1, -0.05) is 60.0 Å². The van der Waals surface area contributed by atoms with Crippen molar-refractivity contribution in [3.8, 4) is 17.5 Å². The summed E-state index contributed by atoms with van der Waals surface area (Å²) in [6.07, 6.45) is 0. The van der Waals surface area contributed by atoms with Crippen LogP contribution >= 0.6 is 11.8 Å². The summed E-state index contributed by atoms with van der Waals surface area (Å²) in [7, 11) is 0. The van der Waals surface area contributed by atoms with Gasteiger partial charge in [-0.15, -0.1) is 0 Å². The SMILES string of the molecule is Cc1nc(SCC#Cc2ccccc2)n(-c2ccccc2)c1C. The van der Waals surface area contributed by atoms with E-state index in [2.05, 4.69) is 47.4 Å². The summed E-state index contributed by atoms with van der Waals surface area (Å²) in [6.45, 7) is 4.16. The van der Waals surface area contributed by atoms with Crippen molar-refractivity contribution in [1.29, 1.82) is 0 Å². The second-order valence-corrected chi connectivity index (χ2v) is 6.14. The standard InChI is InChI=1S/C20H18N2S/c1-16-17(2)22(19-13-7-4-8-14-19)20(21-16)23-15-9-12-18-10-5-3-6-11-18/h3-8,10-11,13-14H,15H2,1-2H3. The predicted molar refractivity (Wildman–Crippen MR) is 97.1 cm³/mol. The van der Waals surface area contributed by atoms with Crippen LogP contribution in [0.3, 0.4) is 0 Å². The van der Waals surface area contributed by atoms with Gasteiger partial charge in [-0.3, -0.25) is 4.57 Å². The molecule has 1 aromatic heterocycles. The monoisotopic (exact) mass is 318 g/mol. The Morgan fingerprint density at radius 3 is 2.30 bits per heavy atom. The number of thioether (sulfide) groups is 1. The Hall–Kier alpha value is -2.44. The lowest BCUT2D eigenvalue weighted by molar-refractivity contribution is 0.871. The molecule has 0 fully saturated rings. The lowest BCUT2D eigenvalue weighted by Crippen LogP contribution is -1.98. The number of para-hydroxylation sites is 1. The Balaban J connectivity index is 1.79. The van der Waals surface area contributed by atoms with Gasteiger partial charge >= 0.3 is 0 Å². The Kier molecular flexibility index (Phi) is 4.85. The summed E-state index contributed by atoms with van der Waals surface area (Å²) in [4.78, 5) is 4.69. The average molecular weight is 318 g/mol. The van der Waals surface area contributed by atoms with Crippen molar-refractivity contribution in [1.82, 2.24) is 9.55 Å². The molecule has 0 atom stereocenters. The van der Waals surface area contributed by atoms with E-state index in [-0.39, 0.29) is 0 Å². The van der Waals surface area contributed by atoms with Crippen LogP contribution in [0.25, 0.3) is 5.69 Å². The van der Waals surface area contributed by atoms with Gasteiger partial charge in [-0.2, -0.15) is 0 Å². The van der Waals surface area contributed by atoms with Crippen LogP contribution in [0.4, 0.5) is 0 Å². The Labute approximate surface area is 141 Å². The van der Waals surface area contributed by atoms with Gasteiger partial charge in [-0.25, -0.2) is 4.98 Å². The fourth-order valence-corrected chi connectivity index (χ4v) is 3.16. The van der Waals surface area contributed by atoms with E-state index in [9.17, 15) is 0 Å². The molecule has 0 radical (unpaired) electrons. The maximum atomic E-state index is 4.69. The average Bonchev–Trinajstić information content (AvgIpc) is 2.88. The Morgan fingerprint density at radius 1 is 0.957 bits per heavy atom. The van der Waals surface area contributed by atoms with Gasteiger partial charge in [0, 0.05) is 16.9 Å². The van der Waals surface area contributed by atoms with Gasteiger partial charge in [0.15, 0.2) is 5.16 Å². The second-order valence-electron chi connectivity index (χ2n) is 5.19. The Morgan fingerprint density at radius 2 is 1.61 bits per heavy atom. The summed E-state index contributed by atoms with van der Waals surface area (Å²) < 4.78 is 2.20. The molecular weight excluding hydrogens is 300 g/mol. The summed E-state index contributed by atoms with van der Waals surface area (Å²) in [5.74, 6) is 7.12. The molecule has 0 aliphatic carbocycles. The molecular formula is C20H18N2S. The number of hydrogen-bond acceptors (Lipinski definition) is 2.